The molecule has 10 nitrogen and oxygen atoms in total. The Hall–Kier alpha value is -4.00. The maximum absolute atomic E-state index is 13.3. The molecule has 2 aromatic carbocycles. The summed E-state index contributed by atoms with van der Waals surface area (Å²) in [5, 5.41) is 10.6. The molecule has 1 unspecified atom stereocenters. The fraction of sp³-hybridized carbons (Fsp3) is 0.375. The minimum atomic E-state index is -5.08. The maximum Gasteiger partial charge on any atom is 0.490 e. The lowest BCUT2D eigenvalue weighted by Gasteiger charge is -2.34. The number of rotatable bonds is 7. The summed E-state index contributed by atoms with van der Waals surface area (Å²) >= 11 is 0. The van der Waals surface area contributed by atoms with Gasteiger partial charge in [0.25, 0.3) is 11.8 Å². The number of carbonyl (C=O) groups is 5. The van der Waals surface area contributed by atoms with Crippen molar-refractivity contribution in [2.75, 3.05) is 13.2 Å². The molecular weight excluding hydrogens is 499 g/mol. The van der Waals surface area contributed by atoms with Crippen molar-refractivity contribution in [3.63, 3.8) is 0 Å². The van der Waals surface area contributed by atoms with Crippen LogP contribution in [0.15, 0.2) is 30.3 Å². The number of carbonyl (C=O) groups excluding carboxylic acids is 4. The molecule has 1 saturated heterocycles. The van der Waals surface area contributed by atoms with Crippen LogP contribution in [-0.4, -0.2) is 65.0 Å². The van der Waals surface area contributed by atoms with Crippen molar-refractivity contribution < 1.29 is 47.0 Å². The predicted molar refractivity (Wildman–Crippen MR) is 123 cm³/mol. The smallest absolute Gasteiger partial charge is 0.490 e. The first kappa shape index (κ1) is 27.6. The summed E-state index contributed by atoms with van der Waals surface area (Å²) in [7, 11) is 0. The number of carboxylic acid groups (broad SMARTS) is 1. The predicted octanol–water partition coefficient (Wildman–Crippen LogP) is 2.38. The molecule has 4 rings (SSSR count). The highest BCUT2D eigenvalue weighted by atomic mass is 19.4. The molecule has 2 aromatic rings. The van der Waals surface area contributed by atoms with Gasteiger partial charge in [-0.1, -0.05) is 12.1 Å². The molecule has 2 heterocycles. The number of unbranched alkanes of at least 4 members (excludes halogenated alkanes) is 2. The first-order valence-electron chi connectivity index (χ1n) is 11.4. The van der Waals surface area contributed by atoms with Crippen LogP contribution in [0.2, 0.25) is 0 Å². The van der Waals surface area contributed by atoms with Gasteiger partial charge in [-0.15, -0.1) is 0 Å². The molecule has 37 heavy (non-hydrogen) atoms. The lowest BCUT2D eigenvalue weighted by atomic mass is 9.91. The second-order valence-electron chi connectivity index (χ2n) is 8.32. The minimum Gasteiger partial charge on any atom is -0.494 e. The van der Waals surface area contributed by atoms with Gasteiger partial charge in [0.15, 0.2) is 0 Å². The molecule has 2 aliphatic heterocycles. The summed E-state index contributed by atoms with van der Waals surface area (Å²) in [6, 6.07) is 7.64. The first-order chi connectivity index (χ1) is 17.5. The lowest BCUT2D eigenvalue weighted by Crippen LogP contribution is -2.57. The number of benzene rings is 2. The van der Waals surface area contributed by atoms with Gasteiger partial charge in [-0.3, -0.25) is 29.4 Å². The third-order valence-corrected chi connectivity index (χ3v) is 5.73. The summed E-state index contributed by atoms with van der Waals surface area (Å²) in [6.07, 6.45) is -2.16. The standard InChI is InChI=1S/C22H23N3O5.C2HF3O2/c23-9-2-1-3-10-30-14-11-13-5-4-6-15-19(13)16(12-14)22(29)25(21(15)28)17-7-8-18(26)24-20(17)27;3-2(4,5)1(6)7/h4-6,11-12,17H,1-3,7-10,23H2,(H,24,26,27);(H,6,7). The number of aliphatic carboxylic acids is 1. The number of nitrogens with one attached hydrogen (secondary N) is 1. The van der Waals surface area contributed by atoms with Crippen molar-refractivity contribution in [1.82, 2.24) is 10.2 Å². The third kappa shape index (κ3) is 6.23. The molecule has 0 aliphatic carbocycles. The number of piperidine rings is 1. The topological polar surface area (TPSA) is 156 Å². The highest BCUT2D eigenvalue weighted by Crippen LogP contribution is 2.35. The van der Waals surface area contributed by atoms with E-state index in [0.717, 1.165) is 29.5 Å². The van der Waals surface area contributed by atoms with E-state index in [2.05, 4.69) is 5.32 Å². The number of nitrogens with two attached hydrogens (primary N) is 1. The molecule has 0 saturated carbocycles. The monoisotopic (exact) mass is 523 g/mol. The van der Waals surface area contributed by atoms with Gasteiger partial charge >= 0.3 is 12.1 Å². The Kier molecular flexibility index (Phi) is 8.48. The molecule has 0 aromatic heterocycles. The number of nitrogens with zero attached hydrogens (tertiary/aromatic N) is 1. The summed E-state index contributed by atoms with van der Waals surface area (Å²) in [5.74, 6) is -4.33. The highest BCUT2D eigenvalue weighted by Gasteiger charge is 2.42. The van der Waals surface area contributed by atoms with Crippen LogP contribution in [0.1, 0.15) is 52.8 Å². The fourth-order valence-electron chi connectivity index (χ4n) is 4.01. The van der Waals surface area contributed by atoms with Gasteiger partial charge < -0.3 is 15.6 Å². The second kappa shape index (κ2) is 11.4. The molecule has 0 radical (unpaired) electrons. The molecule has 13 heteroatoms. The van der Waals surface area contributed by atoms with Gasteiger partial charge in [0, 0.05) is 17.4 Å². The van der Waals surface area contributed by atoms with E-state index in [4.69, 9.17) is 20.4 Å². The number of imide groups is 2. The molecular formula is C24H24F3N3O7. The van der Waals surface area contributed by atoms with Crippen molar-refractivity contribution in [2.24, 2.45) is 5.73 Å². The van der Waals surface area contributed by atoms with Crippen molar-refractivity contribution >= 4 is 40.4 Å². The number of halogens is 3. The highest BCUT2D eigenvalue weighted by molar-refractivity contribution is 6.27. The number of hydrogen-bond donors (Lipinski definition) is 3. The maximum atomic E-state index is 13.3. The normalized spacial score (nSPS) is 17.3. The van der Waals surface area contributed by atoms with E-state index < -0.39 is 41.8 Å². The summed E-state index contributed by atoms with van der Waals surface area (Å²) in [5.41, 5.74) is 6.19. The van der Waals surface area contributed by atoms with Crippen LogP contribution in [0.5, 0.6) is 5.75 Å². The van der Waals surface area contributed by atoms with E-state index in [0.29, 0.717) is 35.4 Å². The molecule has 0 bridgehead atoms. The van der Waals surface area contributed by atoms with Crippen LogP contribution in [0, 0.1) is 0 Å². The Morgan fingerprint density at radius 3 is 2.38 bits per heavy atom. The molecule has 4 amide bonds. The quantitative estimate of drug-likeness (QED) is 0.369. The summed E-state index contributed by atoms with van der Waals surface area (Å²) in [4.78, 5) is 60.1. The van der Waals surface area contributed by atoms with E-state index >= 15 is 0 Å². The fourth-order valence-corrected chi connectivity index (χ4v) is 4.01. The SMILES string of the molecule is NCCCCCOc1cc2c3c(cccc3c1)C(=O)N(C1CCC(=O)NC1=O)C2=O.O=C(O)C(F)(F)F. The number of carboxylic acids is 1. The summed E-state index contributed by atoms with van der Waals surface area (Å²) in [6.45, 7) is 1.14. The Morgan fingerprint density at radius 2 is 1.76 bits per heavy atom. The molecule has 1 fully saturated rings. The minimum absolute atomic E-state index is 0.0798. The van der Waals surface area contributed by atoms with Crippen molar-refractivity contribution in [2.45, 2.75) is 44.3 Å². The van der Waals surface area contributed by atoms with Gasteiger partial charge in [-0.25, -0.2) is 4.79 Å². The van der Waals surface area contributed by atoms with Crippen molar-refractivity contribution in [3.05, 3.63) is 41.5 Å². The molecule has 0 spiro atoms. The molecule has 2 aliphatic rings. The Morgan fingerprint density at radius 1 is 1.08 bits per heavy atom. The number of hydrogen-bond acceptors (Lipinski definition) is 7. The van der Waals surface area contributed by atoms with Gasteiger partial charge in [-0.2, -0.15) is 13.2 Å². The van der Waals surface area contributed by atoms with Crippen LogP contribution in [0.4, 0.5) is 13.2 Å². The van der Waals surface area contributed by atoms with Crippen LogP contribution < -0.4 is 15.8 Å². The van der Waals surface area contributed by atoms with E-state index in [1.54, 1.807) is 18.2 Å². The zero-order chi connectivity index (χ0) is 27.3. The van der Waals surface area contributed by atoms with Crippen molar-refractivity contribution in [1.29, 1.82) is 0 Å². The molecule has 4 N–H and O–H groups in total. The van der Waals surface area contributed by atoms with E-state index in [1.165, 1.54) is 0 Å². The van der Waals surface area contributed by atoms with Gasteiger partial charge in [0.05, 0.1) is 12.2 Å². The summed E-state index contributed by atoms with van der Waals surface area (Å²) < 4.78 is 37.6. The Labute approximate surface area is 208 Å². The van der Waals surface area contributed by atoms with Gasteiger partial charge in [0.2, 0.25) is 11.8 Å². The van der Waals surface area contributed by atoms with Crippen LogP contribution in [0.3, 0.4) is 0 Å². The van der Waals surface area contributed by atoms with Gasteiger partial charge in [0.1, 0.15) is 11.8 Å². The zero-order valence-electron chi connectivity index (χ0n) is 19.5. The van der Waals surface area contributed by atoms with Crippen LogP contribution in [0.25, 0.3) is 10.8 Å². The average molecular weight is 523 g/mol. The number of ether oxygens (including phenoxy) is 1. The Balaban J connectivity index is 0.000000479. The van der Waals surface area contributed by atoms with Crippen LogP contribution in [-0.2, 0) is 14.4 Å². The van der Waals surface area contributed by atoms with E-state index in [1.807, 2.05) is 12.1 Å². The second-order valence-corrected chi connectivity index (χ2v) is 8.32. The molecule has 1 atom stereocenters. The van der Waals surface area contributed by atoms with Gasteiger partial charge in [-0.05, 0) is 55.8 Å². The van der Waals surface area contributed by atoms with E-state index in [9.17, 15) is 32.3 Å². The number of amides is 4. The van der Waals surface area contributed by atoms with Crippen molar-refractivity contribution in [3.8, 4) is 5.75 Å². The van der Waals surface area contributed by atoms with Crippen LogP contribution >= 0.6 is 0 Å². The zero-order valence-corrected chi connectivity index (χ0v) is 19.5. The Bertz CT molecular complexity index is 1250. The first-order valence-corrected chi connectivity index (χ1v) is 11.4. The van der Waals surface area contributed by atoms with E-state index in [-0.39, 0.29) is 12.8 Å². The average Bonchev–Trinajstić information content (AvgIpc) is 2.83. The lowest BCUT2D eigenvalue weighted by molar-refractivity contribution is -0.192. The third-order valence-electron chi connectivity index (χ3n) is 5.73. The largest absolute Gasteiger partial charge is 0.494 e. The number of alkyl halides is 3. The molecule has 198 valence electrons.